The van der Waals surface area contributed by atoms with Crippen LogP contribution in [0.1, 0.15) is 122 Å². The lowest BCUT2D eigenvalue weighted by Gasteiger charge is -2.21. The first kappa shape index (κ1) is 40.2. The fourth-order valence-electron chi connectivity index (χ4n) is 4.60. The van der Waals surface area contributed by atoms with Crippen molar-refractivity contribution in [2.75, 3.05) is 46.8 Å². The molecule has 0 spiro atoms. The van der Waals surface area contributed by atoms with Gasteiger partial charge in [-0.1, -0.05) is 51.9 Å². The standard InChI is InChI=1S/C32H59N5O6/c1-4-27(38)18-12-6-5-7-13-19-28(39)24-37(25-31(42)35-22-16-10-8-14-20-29(40)33-2)26-32(43)36-23-17-11-9-15-21-30(41)34-3/h4-26H2,1-3H3,(H,33,40)(H,34,41)(H,35,42)(H,36,43). The molecule has 248 valence electrons. The van der Waals surface area contributed by atoms with E-state index in [1.165, 1.54) is 0 Å². The van der Waals surface area contributed by atoms with Crippen LogP contribution in [-0.2, 0) is 28.8 Å². The number of ketones is 2. The van der Waals surface area contributed by atoms with Crippen molar-refractivity contribution in [3.8, 4) is 0 Å². The van der Waals surface area contributed by atoms with E-state index < -0.39 is 0 Å². The van der Waals surface area contributed by atoms with Gasteiger partial charge in [0.2, 0.25) is 23.6 Å². The van der Waals surface area contributed by atoms with Crippen LogP contribution in [0.25, 0.3) is 0 Å². The molecule has 0 saturated heterocycles. The Balaban J connectivity index is 4.50. The van der Waals surface area contributed by atoms with Crippen LogP contribution in [0, 0.1) is 0 Å². The Morgan fingerprint density at radius 1 is 0.442 bits per heavy atom. The predicted molar refractivity (Wildman–Crippen MR) is 169 cm³/mol. The molecule has 0 unspecified atom stereocenters. The fourth-order valence-corrected chi connectivity index (χ4v) is 4.60. The number of hydrogen-bond acceptors (Lipinski definition) is 7. The minimum atomic E-state index is -0.219. The molecule has 11 heteroatoms. The predicted octanol–water partition coefficient (Wildman–Crippen LogP) is 3.19. The van der Waals surface area contributed by atoms with Gasteiger partial charge in [0.05, 0.1) is 19.6 Å². The van der Waals surface area contributed by atoms with Crippen LogP contribution in [0.3, 0.4) is 0 Å². The molecule has 0 radical (unpaired) electrons. The van der Waals surface area contributed by atoms with Crippen molar-refractivity contribution in [3.63, 3.8) is 0 Å². The summed E-state index contributed by atoms with van der Waals surface area (Å²) >= 11 is 0. The molecule has 0 heterocycles. The Bertz CT molecular complexity index is 715. The third-order valence-corrected chi connectivity index (χ3v) is 7.30. The molecular weight excluding hydrogens is 550 g/mol. The minimum absolute atomic E-state index is 0.00833. The van der Waals surface area contributed by atoms with Crippen molar-refractivity contribution in [3.05, 3.63) is 0 Å². The maximum absolute atomic E-state index is 12.7. The lowest BCUT2D eigenvalue weighted by molar-refractivity contribution is -0.127. The first-order valence-electron chi connectivity index (χ1n) is 16.4. The Labute approximate surface area is 259 Å². The molecule has 0 aromatic heterocycles. The molecule has 0 rings (SSSR count). The highest BCUT2D eigenvalue weighted by molar-refractivity contribution is 5.85. The number of Topliss-reactive ketones (excluding diaryl/α,β-unsaturated/α-hetero) is 2. The van der Waals surface area contributed by atoms with E-state index in [-0.39, 0.29) is 49.0 Å². The zero-order chi connectivity index (χ0) is 32.1. The van der Waals surface area contributed by atoms with Crippen LogP contribution in [0.2, 0.25) is 0 Å². The number of hydrogen-bond donors (Lipinski definition) is 4. The Kier molecular flexibility index (Phi) is 26.1. The second-order valence-corrected chi connectivity index (χ2v) is 11.2. The van der Waals surface area contributed by atoms with Crippen molar-refractivity contribution in [1.29, 1.82) is 0 Å². The van der Waals surface area contributed by atoms with Gasteiger partial charge in [-0.2, -0.15) is 0 Å². The summed E-state index contributed by atoms with van der Waals surface area (Å²) in [4.78, 5) is 73.4. The van der Waals surface area contributed by atoms with Crippen LogP contribution in [0.5, 0.6) is 0 Å². The maximum Gasteiger partial charge on any atom is 0.234 e. The fraction of sp³-hybridized carbons (Fsp3) is 0.812. The smallest absolute Gasteiger partial charge is 0.234 e. The molecular formula is C32H59N5O6. The number of carbonyl (C=O) groups is 6. The third kappa shape index (κ3) is 26.5. The van der Waals surface area contributed by atoms with Crippen LogP contribution < -0.4 is 21.3 Å². The largest absolute Gasteiger partial charge is 0.359 e. The average molecular weight is 610 g/mol. The highest BCUT2D eigenvalue weighted by Crippen LogP contribution is 2.09. The molecule has 4 N–H and O–H groups in total. The van der Waals surface area contributed by atoms with E-state index in [0.29, 0.717) is 51.0 Å². The molecule has 0 fully saturated rings. The van der Waals surface area contributed by atoms with Gasteiger partial charge in [0.1, 0.15) is 11.6 Å². The lowest BCUT2D eigenvalue weighted by atomic mass is 10.1. The van der Waals surface area contributed by atoms with Gasteiger partial charge in [-0.15, -0.1) is 0 Å². The second-order valence-electron chi connectivity index (χ2n) is 11.2. The summed E-state index contributed by atoms with van der Waals surface area (Å²) in [6, 6.07) is 0. The summed E-state index contributed by atoms with van der Waals surface area (Å²) < 4.78 is 0. The number of unbranched alkanes of at least 4 members (excludes halogenated alkanes) is 10. The van der Waals surface area contributed by atoms with E-state index >= 15 is 0 Å². The van der Waals surface area contributed by atoms with Crippen LogP contribution in [-0.4, -0.2) is 86.9 Å². The average Bonchev–Trinajstić information content (AvgIpc) is 2.98. The van der Waals surface area contributed by atoms with Crippen molar-refractivity contribution >= 4 is 35.2 Å². The van der Waals surface area contributed by atoms with Gasteiger partial charge in [-0.3, -0.25) is 33.7 Å². The number of nitrogens with zero attached hydrogens (tertiary/aromatic N) is 1. The van der Waals surface area contributed by atoms with E-state index in [4.69, 9.17) is 0 Å². The summed E-state index contributed by atoms with van der Waals surface area (Å²) in [6.07, 6.45) is 14.0. The van der Waals surface area contributed by atoms with Crippen molar-refractivity contribution in [1.82, 2.24) is 26.2 Å². The molecule has 0 bridgehead atoms. The normalized spacial score (nSPS) is 10.8. The molecule has 0 aliphatic carbocycles. The Hall–Kier alpha value is -2.82. The van der Waals surface area contributed by atoms with Gasteiger partial charge in [0, 0.05) is 59.3 Å². The van der Waals surface area contributed by atoms with E-state index in [1.807, 2.05) is 6.92 Å². The van der Waals surface area contributed by atoms with Crippen LogP contribution >= 0.6 is 0 Å². The molecule has 43 heavy (non-hydrogen) atoms. The SMILES string of the molecule is CCC(=O)CCCCCCCC(=O)CN(CC(=O)NCCCCCCC(=O)NC)CC(=O)NCCCCCCC(=O)NC. The van der Waals surface area contributed by atoms with Gasteiger partial charge >= 0.3 is 0 Å². The molecule has 11 nitrogen and oxygen atoms in total. The van der Waals surface area contributed by atoms with Gasteiger partial charge in [-0.05, 0) is 38.5 Å². The first-order valence-corrected chi connectivity index (χ1v) is 16.4. The van der Waals surface area contributed by atoms with Crippen molar-refractivity contribution in [2.24, 2.45) is 0 Å². The molecule has 0 aromatic carbocycles. The van der Waals surface area contributed by atoms with E-state index in [0.717, 1.165) is 83.5 Å². The molecule has 0 atom stereocenters. The summed E-state index contributed by atoms with van der Waals surface area (Å²) in [5.41, 5.74) is 0. The molecule has 0 aliphatic heterocycles. The molecule has 0 aromatic rings. The second kappa shape index (κ2) is 28.0. The van der Waals surface area contributed by atoms with E-state index in [2.05, 4.69) is 21.3 Å². The summed E-state index contributed by atoms with van der Waals surface area (Å²) in [5, 5.41) is 11.0. The summed E-state index contributed by atoms with van der Waals surface area (Å²) in [6.45, 7) is 2.89. The summed E-state index contributed by atoms with van der Waals surface area (Å²) in [5.74, 6) is -0.0737. The zero-order valence-electron chi connectivity index (χ0n) is 27.2. The first-order chi connectivity index (χ1) is 20.7. The van der Waals surface area contributed by atoms with Gasteiger partial charge in [-0.25, -0.2) is 0 Å². The van der Waals surface area contributed by atoms with Crippen LogP contribution in [0.15, 0.2) is 0 Å². The minimum Gasteiger partial charge on any atom is -0.359 e. The highest BCUT2D eigenvalue weighted by atomic mass is 16.2. The number of rotatable bonds is 29. The lowest BCUT2D eigenvalue weighted by Crippen LogP contribution is -2.45. The zero-order valence-corrected chi connectivity index (χ0v) is 27.2. The topological polar surface area (TPSA) is 154 Å². The quantitative estimate of drug-likeness (QED) is 0.0950. The monoisotopic (exact) mass is 609 g/mol. The van der Waals surface area contributed by atoms with Crippen LogP contribution in [0.4, 0.5) is 0 Å². The van der Waals surface area contributed by atoms with E-state index in [1.54, 1.807) is 19.0 Å². The van der Waals surface area contributed by atoms with Crippen molar-refractivity contribution < 1.29 is 28.8 Å². The number of amides is 4. The van der Waals surface area contributed by atoms with Gasteiger partial charge < -0.3 is 21.3 Å². The van der Waals surface area contributed by atoms with Gasteiger partial charge in [0.25, 0.3) is 0 Å². The van der Waals surface area contributed by atoms with Crippen molar-refractivity contribution in [2.45, 2.75) is 122 Å². The molecule has 4 amide bonds. The molecule has 0 saturated carbocycles. The van der Waals surface area contributed by atoms with E-state index in [9.17, 15) is 28.8 Å². The Morgan fingerprint density at radius 2 is 0.814 bits per heavy atom. The molecule has 0 aliphatic rings. The third-order valence-electron chi connectivity index (χ3n) is 7.30. The Morgan fingerprint density at radius 3 is 1.23 bits per heavy atom. The maximum atomic E-state index is 12.7. The number of nitrogens with one attached hydrogen (secondary N) is 4. The summed E-state index contributed by atoms with van der Waals surface area (Å²) in [7, 11) is 3.25. The van der Waals surface area contributed by atoms with Gasteiger partial charge in [0.15, 0.2) is 0 Å². The highest BCUT2D eigenvalue weighted by Gasteiger charge is 2.17. The number of carbonyl (C=O) groups excluding carboxylic acids is 6.